The fourth-order valence-electron chi connectivity index (χ4n) is 4.31. The van der Waals surface area contributed by atoms with E-state index in [0.717, 1.165) is 68.5 Å². The molecule has 0 spiro atoms. The lowest BCUT2D eigenvalue weighted by molar-refractivity contribution is -0.129. The minimum Gasteiger partial charge on any atom is -0.497 e. The molecule has 2 aliphatic rings. The first-order valence-corrected chi connectivity index (χ1v) is 10.7. The summed E-state index contributed by atoms with van der Waals surface area (Å²) in [6.07, 6.45) is 5.87. The van der Waals surface area contributed by atoms with Gasteiger partial charge in [0.2, 0.25) is 11.9 Å². The first kappa shape index (κ1) is 20.4. The highest BCUT2D eigenvalue weighted by Crippen LogP contribution is 2.32. The summed E-state index contributed by atoms with van der Waals surface area (Å²) in [5.41, 5.74) is 1.03. The van der Waals surface area contributed by atoms with Crippen LogP contribution in [0.4, 0.5) is 17.6 Å². The van der Waals surface area contributed by atoms with Gasteiger partial charge in [0.05, 0.1) is 12.8 Å². The molecular weight excluding hydrogens is 380 g/mol. The highest BCUT2D eigenvalue weighted by atomic mass is 16.5. The highest BCUT2D eigenvalue weighted by molar-refractivity contribution is 5.73. The molecule has 2 aromatic rings. The molecule has 4 rings (SSSR count). The van der Waals surface area contributed by atoms with Gasteiger partial charge in [-0.25, -0.2) is 9.97 Å². The van der Waals surface area contributed by atoms with Gasteiger partial charge in [-0.1, -0.05) is 0 Å². The fraction of sp³-hybridized carbons (Fsp3) is 0.545. The van der Waals surface area contributed by atoms with Gasteiger partial charge in [-0.2, -0.15) is 4.98 Å². The molecule has 0 aromatic carbocycles. The van der Waals surface area contributed by atoms with Crippen molar-refractivity contribution in [2.24, 2.45) is 0 Å². The van der Waals surface area contributed by atoms with Crippen LogP contribution in [0.15, 0.2) is 24.4 Å². The van der Waals surface area contributed by atoms with E-state index in [-0.39, 0.29) is 5.91 Å². The molecule has 8 nitrogen and oxygen atoms in total. The highest BCUT2D eigenvalue weighted by Gasteiger charge is 2.27. The molecule has 1 amide bonds. The van der Waals surface area contributed by atoms with E-state index in [2.05, 4.69) is 22.1 Å². The molecule has 8 heteroatoms. The molecule has 2 fully saturated rings. The van der Waals surface area contributed by atoms with Gasteiger partial charge in [0.25, 0.3) is 0 Å². The van der Waals surface area contributed by atoms with Crippen LogP contribution in [0.2, 0.25) is 0 Å². The van der Waals surface area contributed by atoms with Crippen molar-refractivity contribution in [3.63, 3.8) is 0 Å². The Morgan fingerprint density at radius 3 is 2.60 bits per heavy atom. The minimum absolute atomic E-state index is 0.147. The molecule has 0 saturated carbocycles. The van der Waals surface area contributed by atoms with Gasteiger partial charge in [-0.15, -0.1) is 0 Å². The number of nitrogens with one attached hydrogen (secondary N) is 1. The number of methoxy groups -OCH3 is 1. The third kappa shape index (κ3) is 4.47. The molecule has 160 valence electrons. The fourth-order valence-corrected chi connectivity index (χ4v) is 4.31. The van der Waals surface area contributed by atoms with Crippen molar-refractivity contribution in [1.82, 2.24) is 19.9 Å². The van der Waals surface area contributed by atoms with Crippen molar-refractivity contribution in [2.75, 3.05) is 37.0 Å². The van der Waals surface area contributed by atoms with Crippen molar-refractivity contribution in [2.45, 2.75) is 51.5 Å². The van der Waals surface area contributed by atoms with Gasteiger partial charge >= 0.3 is 0 Å². The lowest BCUT2D eigenvalue weighted by Gasteiger charge is -2.31. The van der Waals surface area contributed by atoms with Crippen molar-refractivity contribution < 1.29 is 9.53 Å². The first-order valence-electron chi connectivity index (χ1n) is 10.7. The monoisotopic (exact) mass is 410 g/mol. The SMILES string of the molecule is COc1ccnc(Nc2cc(C3CCN(C(C)=O)CC3)nc(N3CCCC3C)n2)c1. The second kappa shape index (κ2) is 8.85. The summed E-state index contributed by atoms with van der Waals surface area (Å²) in [6.45, 7) is 6.40. The lowest BCUT2D eigenvalue weighted by atomic mass is 9.93. The minimum atomic E-state index is 0.147. The molecule has 1 N–H and O–H groups in total. The van der Waals surface area contributed by atoms with Crippen LogP contribution in [0.3, 0.4) is 0 Å². The summed E-state index contributed by atoms with van der Waals surface area (Å²) >= 11 is 0. The Morgan fingerprint density at radius 2 is 1.93 bits per heavy atom. The largest absolute Gasteiger partial charge is 0.497 e. The van der Waals surface area contributed by atoms with Crippen LogP contribution in [-0.4, -0.2) is 58.5 Å². The maximum atomic E-state index is 11.7. The van der Waals surface area contributed by atoms with E-state index < -0.39 is 0 Å². The Balaban J connectivity index is 1.62. The number of amides is 1. The molecule has 1 atom stereocenters. The topological polar surface area (TPSA) is 83.5 Å². The molecule has 4 heterocycles. The number of aromatic nitrogens is 3. The zero-order chi connectivity index (χ0) is 21.1. The first-order chi connectivity index (χ1) is 14.5. The average Bonchev–Trinajstić information content (AvgIpc) is 3.19. The van der Waals surface area contributed by atoms with E-state index in [1.165, 1.54) is 0 Å². The Bertz CT molecular complexity index is 897. The number of anilines is 3. The van der Waals surface area contributed by atoms with Gasteiger partial charge in [0.1, 0.15) is 17.4 Å². The summed E-state index contributed by atoms with van der Waals surface area (Å²) in [6, 6.07) is 6.13. The Kier molecular flexibility index (Phi) is 6.01. The molecule has 30 heavy (non-hydrogen) atoms. The molecule has 0 bridgehead atoms. The number of rotatable bonds is 5. The van der Waals surface area contributed by atoms with Gasteiger partial charge in [-0.05, 0) is 38.7 Å². The summed E-state index contributed by atoms with van der Waals surface area (Å²) in [5.74, 6) is 3.41. The van der Waals surface area contributed by atoms with Crippen LogP contribution in [0.5, 0.6) is 5.75 Å². The standard InChI is InChI=1S/C22H30N6O2/c1-15-5-4-10-28(15)22-24-19(17-7-11-27(12-8-17)16(2)29)14-21(26-22)25-20-13-18(30-3)6-9-23-20/h6,9,13-15,17H,4-5,7-8,10-12H2,1-3H3,(H,23,24,25,26). The Morgan fingerprint density at radius 1 is 1.13 bits per heavy atom. The number of nitrogens with zero attached hydrogens (tertiary/aromatic N) is 5. The number of pyridine rings is 1. The third-order valence-corrected chi connectivity index (χ3v) is 6.13. The second-order valence-corrected chi connectivity index (χ2v) is 8.15. The van der Waals surface area contributed by atoms with Gasteiger partial charge < -0.3 is 19.9 Å². The average molecular weight is 411 g/mol. The number of likely N-dealkylation sites (tertiary alicyclic amines) is 1. The number of hydrogen-bond acceptors (Lipinski definition) is 7. The Hall–Kier alpha value is -2.90. The number of carbonyl (C=O) groups is 1. The summed E-state index contributed by atoms with van der Waals surface area (Å²) in [4.78, 5) is 30.1. The zero-order valence-corrected chi connectivity index (χ0v) is 18.0. The number of carbonyl (C=O) groups excluding carboxylic acids is 1. The van der Waals surface area contributed by atoms with Crippen LogP contribution in [0.1, 0.15) is 51.1 Å². The van der Waals surface area contributed by atoms with Crippen molar-refractivity contribution in [3.05, 3.63) is 30.1 Å². The number of ether oxygens (including phenoxy) is 1. The summed E-state index contributed by atoms with van der Waals surface area (Å²) < 4.78 is 5.31. The number of piperidine rings is 1. The van der Waals surface area contributed by atoms with Gasteiger partial charge in [0.15, 0.2) is 0 Å². The van der Waals surface area contributed by atoms with E-state index in [4.69, 9.17) is 14.7 Å². The smallest absolute Gasteiger partial charge is 0.227 e. The molecule has 2 aromatic heterocycles. The van der Waals surface area contributed by atoms with Gasteiger partial charge in [0, 0.05) is 56.8 Å². The van der Waals surface area contributed by atoms with E-state index in [1.54, 1.807) is 20.2 Å². The normalized spacial score (nSPS) is 19.8. The van der Waals surface area contributed by atoms with E-state index in [0.29, 0.717) is 17.8 Å². The summed E-state index contributed by atoms with van der Waals surface area (Å²) in [5, 5.41) is 3.33. The lowest BCUT2D eigenvalue weighted by Crippen LogP contribution is -2.36. The van der Waals surface area contributed by atoms with Crippen molar-refractivity contribution in [1.29, 1.82) is 0 Å². The molecule has 0 radical (unpaired) electrons. The predicted octanol–water partition coefficient (Wildman–Crippen LogP) is 3.34. The van der Waals surface area contributed by atoms with E-state index >= 15 is 0 Å². The zero-order valence-electron chi connectivity index (χ0n) is 18.0. The van der Waals surface area contributed by atoms with Gasteiger partial charge in [-0.3, -0.25) is 4.79 Å². The second-order valence-electron chi connectivity index (χ2n) is 8.15. The predicted molar refractivity (Wildman–Crippen MR) is 116 cm³/mol. The maximum absolute atomic E-state index is 11.7. The van der Waals surface area contributed by atoms with E-state index in [9.17, 15) is 4.79 Å². The Labute approximate surface area is 177 Å². The summed E-state index contributed by atoms with van der Waals surface area (Å²) in [7, 11) is 1.64. The molecule has 2 saturated heterocycles. The van der Waals surface area contributed by atoms with E-state index in [1.807, 2.05) is 23.1 Å². The molecule has 1 unspecified atom stereocenters. The maximum Gasteiger partial charge on any atom is 0.227 e. The molecule has 0 aliphatic carbocycles. The van der Waals surface area contributed by atoms with Crippen LogP contribution < -0.4 is 15.0 Å². The van der Waals surface area contributed by atoms with Crippen LogP contribution in [-0.2, 0) is 4.79 Å². The molecule has 2 aliphatic heterocycles. The van der Waals surface area contributed by atoms with Crippen LogP contribution in [0, 0.1) is 0 Å². The third-order valence-electron chi connectivity index (χ3n) is 6.13. The van der Waals surface area contributed by atoms with Crippen molar-refractivity contribution >= 4 is 23.5 Å². The molecular formula is C22H30N6O2. The van der Waals surface area contributed by atoms with Crippen LogP contribution in [0.25, 0.3) is 0 Å². The van der Waals surface area contributed by atoms with Crippen LogP contribution >= 0.6 is 0 Å². The quantitative estimate of drug-likeness (QED) is 0.809. The van der Waals surface area contributed by atoms with Crippen molar-refractivity contribution in [3.8, 4) is 5.75 Å². The number of hydrogen-bond donors (Lipinski definition) is 1.